The molecule has 0 atom stereocenters. The van der Waals surface area contributed by atoms with E-state index in [-0.39, 0.29) is 15.5 Å². The largest absolute Gasteiger partial charge is 0.284 e. The summed E-state index contributed by atoms with van der Waals surface area (Å²) in [6.45, 7) is 0. The van der Waals surface area contributed by atoms with E-state index in [0.717, 1.165) is 6.26 Å². The van der Waals surface area contributed by atoms with Crippen molar-refractivity contribution in [2.75, 3.05) is 11.0 Å². The van der Waals surface area contributed by atoms with E-state index in [2.05, 4.69) is 4.72 Å². The van der Waals surface area contributed by atoms with Crippen molar-refractivity contribution in [3.63, 3.8) is 0 Å². The number of sulfone groups is 1. The molecule has 106 valence electrons. The Morgan fingerprint density at radius 3 is 2.00 bits per heavy atom. The van der Waals surface area contributed by atoms with Gasteiger partial charge in [0.25, 0.3) is 0 Å². The second kappa shape index (κ2) is 5.26. The molecule has 0 aliphatic heterocycles. The van der Waals surface area contributed by atoms with Crippen LogP contribution >= 0.6 is 0 Å². The van der Waals surface area contributed by atoms with Crippen LogP contribution in [0.15, 0.2) is 64.4 Å². The number of benzene rings is 2. The van der Waals surface area contributed by atoms with Crippen LogP contribution in [-0.4, -0.2) is 23.1 Å². The highest BCUT2D eigenvalue weighted by Gasteiger charge is 2.17. The summed E-state index contributed by atoms with van der Waals surface area (Å²) in [4.78, 5) is 0.203. The summed E-state index contributed by atoms with van der Waals surface area (Å²) in [5.41, 5.74) is 0.213. The van der Waals surface area contributed by atoms with Gasteiger partial charge in [-0.25, -0.2) is 16.8 Å². The second-order valence-corrected chi connectivity index (χ2v) is 7.92. The fourth-order valence-electron chi connectivity index (χ4n) is 1.68. The minimum atomic E-state index is -3.65. The van der Waals surface area contributed by atoms with Crippen molar-refractivity contribution in [2.24, 2.45) is 0 Å². The van der Waals surface area contributed by atoms with Gasteiger partial charge in [0.15, 0.2) is 0 Å². The van der Waals surface area contributed by atoms with Gasteiger partial charge in [-0.15, -0.1) is 0 Å². The van der Waals surface area contributed by atoms with Crippen LogP contribution in [0.1, 0.15) is 0 Å². The maximum atomic E-state index is 12.4. The maximum absolute atomic E-state index is 12.4. The third kappa shape index (κ3) is 3.37. The van der Waals surface area contributed by atoms with Crippen LogP contribution in [-0.2, 0) is 19.9 Å². The molecule has 7 heteroatoms. The van der Waals surface area contributed by atoms with Crippen LogP contribution in [0.5, 0.6) is 0 Å². The molecule has 5 nitrogen and oxygen atoms in total. The van der Waals surface area contributed by atoms with Crippen LogP contribution < -0.4 is 4.72 Å². The van der Waals surface area contributed by atoms with Gasteiger partial charge < -0.3 is 0 Å². The first-order valence-electron chi connectivity index (χ1n) is 5.67. The van der Waals surface area contributed by atoms with E-state index in [9.17, 15) is 16.8 Å². The molecule has 0 amide bonds. The molecule has 0 bridgehead atoms. The van der Waals surface area contributed by atoms with E-state index >= 15 is 0 Å². The van der Waals surface area contributed by atoms with Crippen LogP contribution in [0.4, 0.5) is 5.69 Å². The highest BCUT2D eigenvalue weighted by Crippen LogP contribution is 2.23. The fraction of sp³-hybridized carbons (Fsp3) is 0.0769. The van der Waals surface area contributed by atoms with Gasteiger partial charge >= 0.3 is 0 Å². The van der Waals surface area contributed by atoms with E-state index in [0.29, 0.717) is 0 Å². The average Bonchev–Trinajstić information content (AvgIpc) is 2.38. The van der Waals surface area contributed by atoms with Crippen molar-refractivity contribution in [1.29, 1.82) is 0 Å². The summed E-state index contributed by atoms with van der Waals surface area (Å²) in [7, 11) is -7.10. The van der Waals surface area contributed by atoms with Crippen LogP contribution in [0, 0.1) is 0 Å². The molecule has 0 radical (unpaired) electrons. The third-order valence-corrected chi connectivity index (χ3v) is 4.87. The highest BCUT2D eigenvalue weighted by atomic mass is 32.2. The standard InChI is InChI=1S/C13H13NO4S2/c1-19(15,16)14-11-6-5-9-13(10-11)20(17,18)12-7-3-2-4-8-12/h2-10,14H,1H3. The molecule has 0 fully saturated rings. The maximum Gasteiger partial charge on any atom is 0.229 e. The summed E-state index contributed by atoms with van der Waals surface area (Å²) < 4.78 is 49.3. The van der Waals surface area contributed by atoms with Gasteiger partial charge in [-0.1, -0.05) is 24.3 Å². The zero-order chi connectivity index (χ0) is 14.8. The Balaban J connectivity index is 2.46. The molecule has 0 aliphatic carbocycles. The molecule has 0 spiro atoms. The highest BCUT2D eigenvalue weighted by molar-refractivity contribution is 7.92. The first-order chi connectivity index (χ1) is 9.29. The average molecular weight is 311 g/mol. The predicted molar refractivity (Wildman–Crippen MR) is 76.8 cm³/mol. The zero-order valence-corrected chi connectivity index (χ0v) is 12.3. The Kier molecular flexibility index (Phi) is 3.82. The molecule has 0 heterocycles. The lowest BCUT2D eigenvalue weighted by Crippen LogP contribution is -2.10. The second-order valence-electron chi connectivity index (χ2n) is 4.22. The number of nitrogens with one attached hydrogen (secondary N) is 1. The third-order valence-electron chi connectivity index (χ3n) is 2.50. The lowest BCUT2D eigenvalue weighted by Gasteiger charge is -2.08. The van der Waals surface area contributed by atoms with Crippen molar-refractivity contribution in [3.05, 3.63) is 54.6 Å². The van der Waals surface area contributed by atoms with Crippen molar-refractivity contribution in [3.8, 4) is 0 Å². The lowest BCUT2D eigenvalue weighted by molar-refractivity contribution is 0.595. The molecule has 0 aromatic heterocycles. The summed E-state index contributed by atoms with van der Waals surface area (Å²) in [5, 5.41) is 0. The van der Waals surface area contributed by atoms with Gasteiger partial charge in [-0.05, 0) is 30.3 Å². The van der Waals surface area contributed by atoms with Crippen LogP contribution in [0.2, 0.25) is 0 Å². The smallest absolute Gasteiger partial charge is 0.229 e. The van der Waals surface area contributed by atoms with Crippen LogP contribution in [0.3, 0.4) is 0 Å². The minimum Gasteiger partial charge on any atom is -0.284 e. The molecule has 1 N–H and O–H groups in total. The number of anilines is 1. The quantitative estimate of drug-likeness (QED) is 0.935. The number of hydrogen-bond acceptors (Lipinski definition) is 4. The van der Waals surface area contributed by atoms with E-state index in [4.69, 9.17) is 0 Å². The van der Waals surface area contributed by atoms with E-state index in [1.165, 1.54) is 36.4 Å². The Hall–Kier alpha value is -1.86. The Bertz CT molecular complexity index is 812. The summed E-state index contributed by atoms with van der Waals surface area (Å²) in [6.07, 6.45) is 1.01. The monoisotopic (exact) mass is 311 g/mol. The molecule has 2 rings (SSSR count). The lowest BCUT2D eigenvalue weighted by atomic mass is 10.3. The van der Waals surface area contributed by atoms with E-state index in [1.807, 2.05) is 0 Å². The normalized spacial score (nSPS) is 12.1. The molecule has 20 heavy (non-hydrogen) atoms. The topological polar surface area (TPSA) is 80.3 Å². The molecule has 0 unspecified atom stereocenters. The van der Waals surface area contributed by atoms with Gasteiger partial charge in [-0.2, -0.15) is 0 Å². The molecule has 2 aromatic rings. The SMILES string of the molecule is CS(=O)(=O)Nc1cccc(S(=O)(=O)c2ccccc2)c1. The molecule has 0 aliphatic rings. The predicted octanol–water partition coefficient (Wildman–Crippen LogP) is 1.89. The molecule has 0 saturated heterocycles. The van der Waals surface area contributed by atoms with Crippen molar-refractivity contribution in [1.82, 2.24) is 0 Å². The van der Waals surface area contributed by atoms with Crippen molar-refractivity contribution in [2.45, 2.75) is 9.79 Å². The summed E-state index contributed by atoms with van der Waals surface area (Å²) in [5.74, 6) is 0. The number of rotatable bonds is 4. The van der Waals surface area contributed by atoms with Gasteiger partial charge in [0.2, 0.25) is 19.9 Å². The molecular formula is C13H13NO4S2. The zero-order valence-electron chi connectivity index (χ0n) is 10.6. The van der Waals surface area contributed by atoms with E-state index < -0.39 is 19.9 Å². The van der Waals surface area contributed by atoms with Crippen molar-refractivity contribution >= 4 is 25.5 Å². The van der Waals surface area contributed by atoms with Gasteiger partial charge in [-0.3, -0.25) is 4.72 Å². The van der Waals surface area contributed by atoms with E-state index in [1.54, 1.807) is 18.2 Å². The minimum absolute atomic E-state index is 0.0392. The molecule has 0 saturated carbocycles. The summed E-state index contributed by atoms with van der Waals surface area (Å²) >= 11 is 0. The van der Waals surface area contributed by atoms with Gasteiger partial charge in [0, 0.05) is 5.69 Å². The van der Waals surface area contributed by atoms with Crippen LogP contribution in [0.25, 0.3) is 0 Å². The first-order valence-corrected chi connectivity index (χ1v) is 9.04. The summed E-state index contributed by atoms with van der Waals surface area (Å²) in [6, 6.07) is 13.7. The number of hydrogen-bond donors (Lipinski definition) is 1. The fourth-order valence-corrected chi connectivity index (χ4v) is 3.56. The Morgan fingerprint density at radius 1 is 0.800 bits per heavy atom. The number of sulfonamides is 1. The van der Waals surface area contributed by atoms with Crippen molar-refractivity contribution < 1.29 is 16.8 Å². The Morgan fingerprint density at radius 2 is 1.40 bits per heavy atom. The van der Waals surface area contributed by atoms with Gasteiger partial charge in [0.05, 0.1) is 16.0 Å². The van der Waals surface area contributed by atoms with Gasteiger partial charge in [0.1, 0.15) is 0 Å². The molecular weight excluding hydrogens is 298 g/mol. The molecule has 2 aromatic carbocycles. The first kappa shape index (κ1) is 14.5. The Labute approximate surface area is 118 Å².